The van der Waals surface area contributed by atoms with E-state index in [0.29, 0.717) is 4.68 Å². The van der Waals surface area contributed by atoms with Crippen LogP contribution in [-0.2, 0) is 6.18 Å². The predicted octanol–water partition coefficient (Wildman–Crippen LogP) is 3.24. The number of para-hydroxylation sites is 1. The minimum atomic E-state index is -4.81. The number of nitrogens with one attached hydrogen (secondary N) is 1. The van der Waals surface area contributed by atoms with Crippen molar-refractivity contribution in [1.82, 2.24) is 9.78 Å². The maximum absolute atomic E-state index is 13.6. The van der Waals surface area contributed by atoms with Crippen LogP contribution in [0.3, 0.4) is 0 Å². The van der Waals surface area contributed by atoms with Crippen LogP contribution in [0.4, 0.5) is 18.9 Å². The van der Waals surface area contributed by atoms with Gasteiger partial charge in [0.15, 0.2) is 5.69 Å². The van der Waals surface area contributed by atoms with Crippen LogP contribution in [0, 0.1) is 0 Å². The number of hydrogen-bond acceptors (Lipinski definition) is 3. The van der Waals surface area contributed by atoms with Gasteiger partial charge in [0.2, 0.25) is 5.91 Å². The molecule has 0 saturated heterocycles. The van der Waals surface area contributed by atoms with E-state index in [4.69, 9.17) is 5.73 Å². The van der Waals surface area contributed by atoms with Crippen molar-refractivity contribution in [1.29, 1.82) is 0 Å². The van der Waals surface area contributed by atoms with Gasteiger partial charge in [0.25, 0.3) is 5.91 Å². The van der Waals surface area contributed by atoms with Gasteiger partial charge in [-0.25, -0.2) is 4.68 Å². The Kier molecular flexibility index (Phi) is 4.68. The lowest BCUT2D eigenvalue weighted by Gasteiger charge is -2.13. The maximum Gasteiger partial charge on any atom is 0.434 e. The third-order valence-corrected chi connectivity index (χ3v) is 3.69. The average molecular weight is 374 g/mol. The largest absolute Gasteiger partial charge is 0.434 e. The van der Waals surface area contributed by atoms with Crippen LogP contribution in [0.2, 0.25) is 0 Å². The Balaban J connectivity index is 1.99. The highest BCUT2D eigenvalue weighted by Gasteiger charge is 2.40. The summed E-state index contributed by atoms with van der Waals surface area (Å²) < 4.78 is 41.4. The summed E-state index contributed by atoms with van der Waals surface area (Å²) in [5.74, 6) is -1.73. The smallest absolute Gasteiger partial charge is 0.366 e. The molecule has 0 unspecified atom stereocenters. The van der Waals surface area contributed by atoms with Gasteiger partial charge in [0, 0.05) is 11.3 Å². The van der Waals surface area contributed by atoms with Crippen molar-refractivity contribution in [2.75, 3.05) is 5.32 Å². The Hall–Kier alpha value is -3.62. The molecule has 0 fully saturated rings. The fraction of sp³-hybridized carbons (Fsp3) is 0.0556. The van der Waals surface area contributed by atoms with Crippen molar-refractivity contribution in [3.05, 3.63) is 77.6 Å². The fourth-order valence-corrected chi connectivity index (χ4v) is 2.50. The predicted molar refractivity (Wildman–Crippen MR) is 91.5 cm³/mol. The zero-order valence-electron chi connectivity index (χ0n) is 13.7. The van der Waals surface area contributed by atoms with Crippen LogP contribution in [0.5, 0.6) is 0 Å². The summed E-state index contributed by atoms with van der Waals surface area (Å²) in [6, 6.07) is 13.2. The summed E-state index contributed by atoms with van der Waals surface area (Å²) >= 11 is 0. The van der Waals surface area contributed by atoms with E-state index in [-0.39, 0.29) is 16.9 Å². The van der Waals surface area contributed by atoms with E-state index in [0.717, 1.165) is 6.20 Å². The van der Waals surface area contributed by atoms with Crippen LogP contribution in [0.15, 0.2) is 60.8 Å². The second-order valence-corrected chi connectivity index (χ2v) is 5.55. The summed E-state index contributed by atoms with van der Waals surface area (Å²) in [5.41, 5.74) is 3.74. The molecule has 1 aromatic heterocycles. The first kappa shape index (κ1) is 18.2. The molecule has 3 aromatic rings. The summed E-state index contributed by atoms with van der Waals surface area (Å²) in [7, 11) is 0. The Bertz CT molecular complexity index is 997. The Morgan fingerprint density at radius 3 is 2.37 bits per heavy atom. The van der Waals surface area contributed by atoms with Gasteiger partial charge in [-0.15, -0.1) is 0 Å². The van der Waals surface area contributed by atoms with Gasteiger partial charge in [-0.3, -0.25) is 9.59 Å². The number of nitrogens with two attached hydrogens (primary N) is 1. The van der Waals surface area contributed by atoms with E-state index in [9.17, 15) is 22.8 Å². The number of amides is 2. The Morgan fingerprint density at radius 1 is 1.04 bits per heavy atom. The molecular formula is C18H13F3N4O2. The molecule has 138 valence electrons. The third-order valence-electron chi connectivity index (χ3n) is 3.69. The van der Waals surface area contributed by atoms with E-state index >= 15 is 0 Å². The average Bonchev–Trinajstić information content (AvgIpc) is 3.08. The molecule has 6 nitrogen and oxygen atoms in total. The van der Waals surface area contributed by atoms with Crippen LogP contribution in [0.25, 0.3) is 5.69 Å². The summed E-state index contributed by atoms with van der Waals surface area (Å²) in [5, 5.41) is 6.05. The normalized spacial score (nSPS) is 11.2. The van der Waals surface area contributed by atoms with Crippen molar-refractivity contribution < 1.29 is 22.8 Å². The number of hydrogen-bond donors (Lipinski definition) is 2. The number of halogens is 3. The molecule has 0 spiro atoms. The molecule has 0 atom stereocenters. The van der Waals surface area contributed by atoms with Crippen LogP contribution in [-0.4, -0.2) is 21.6 Å². The number of carbonyl (C=O) groups is 2. The number of anilines is 1. The first-order valence-corrected chi connectivity index (χ1v) is 7.69. The number of aromatic nitrogens is 2. The SMILES string of the molecule is NC(=O)c1cccc(NC(=O)c2cnn(-c3ccccc3)c2C(F)(F)F)c1. The molecule has 2 aromatic carbocycles. The third kappa shape index (κ3) is 3.81. The molecule has 0 aliphatic heterocycles. The first-order valence-electron chi connectivity index (χ1n) is 7.69. The van der Waals surface area contributed by atoms with E-state index in [2.05, 4.69) is 10.4 Å². The highest BCUT2D eigenvalue weighted by atomic mass is 19.4. The summed E-state index contributed by atoms with van der Waals surface area (Å²) in [6.07, 6.45) is -3.96. The Morgan fingerprint density at radius 2 is 1.74 bits per heavy atom. The van der Waals surface area contributed by atoms with Gasteiger partial charge in [-0.1, -0.05) is 24.3 Å². The van der Waals surface area contributed by atoms with Crippen LogP contribution >= 0.6 is 0 Å². The zero-order valence-corrected chi connectivity index (χ0v) is 13.7. The van der Waals surface area contributed by atoms with Crippen molar-refractivity contribution in [2.24, 2.45) is 5.73 Å². The standard InChI is InChI=1S/C18H13F3N4O2/c19-18(20,21)15-14(10-23-25(15)13-7-2-1-3-8-13)17(27)24-12-6-4-5-11(9-12)16(22)26/h1-10H,(H2,22,26)(H,24,27). The number of nitrogens with zero attached hydrogens (tertiary/aromatic N) is 2. The van der Waals surface area contributed by atoms with Gasteiger partial charge in [0.1, 0.15) is 0 Å². The molecule has 0 aliphatic rings. The number of primary amides is 1. The van der Waals surface area contributed by atoms with Gasteiger partial charge < -0.3 is 11.1 Å². The molecule has 1 heterocycles. The number of carbonyl (C=O) groups excluding carboxylic acids is 2. The molecule has 0 bridgehead atoms. The maximum atomic E-state index is 13.6. The molecule has 3 rings (SSSR count). The van der Waals surface area contributed by atoms with E-state index in [1.165, 1.54) is 36.4 Å². The van der Waals surface area contributed by atoms with Gasteiger partial charge >= 0.3 is 6.18 Å². The fourth-order valence-electron chi connectivity index (χ4n) is 2.50. The Labute approximate surface area is 151 Å². The number of alkyl halides is 3. The lowest BCUT2D eigenvalue weighted by Crippen LogP contribution is -2.21. The summed E-state index contributed by atoms with van der Waals surface area (Å²) in [4.78, 5) is 23.6. The molecule has 0 aliphatic carbocycles. The topological polar surface area (TPSA) is 90.0 Å². The highest BCUT2D eigenvalue weighted by molar-refractivity contribution is 6.05. The van der Waals surface area contributed by atoms with Gasteiger partial charge in [0.05, 0.1) is 17.4 Å². The molecule has 2 amide bonds. The van der Waals surface area contributed by atoms with Crippen molar-refractivity contribution in [3.8, 4) is 5.69 Å². The highest BCUT2D eigenvalue weighted by Crippen LogP contribution is 2.34. The van der Waals surface area contributed by atoms with Crippen molar-refractivity contribution in [2.45, 2.75) is 6.18 Å². The van der Waals surface area contributed by atoms with Crippen LogP contribution in [0.1, 0.15) is 26.4 Å². The second-order valence-electron chi connectivity index (χ2n) is 5.55. The molecule has 0 radical (unpaired) electrons. The van der Waals surface area contributed by atoms with Crippen LogP contribution < -0.4 is 11.1 Å². The van der Waals surface area contributed by atoms with E-state index < -0.39 is 29.2 Å². The quantitative estimate of drug-likeness (QED) is 0.735. The zero-order chi connectivity index (χ0) is 19.6. The minimum absolute atomic E-state index is 0.115. The van der Waals surface area contributed by atoms with Gasteiger partial charge in [-0.05, 0) is 30.3 Å². The molecule has 3 N–H and O–H groups in total. The van der Waals surface area contributed by atoms with Crippen molar-refractivity contribution >= 4 is 17.5 Å². The van der Waals surface area contributed by atoms with Crippen molar-refractivity contribution in [3.63, 3.8) is 0 Å². The minimum Gasteiger partial charge on any atom is -0.366 e. The first-order chi connectivity index (χ1) is 12.8. The van der Waals surface area contributed by atoms with Gasteiger partial charge in [-0.2, -0.15) is 18.3 Å². The number of rotatable bonds is 4. The monoisotopic (exact) mass is 374 g/mol. The second kappa shape index (κ2) is 6.94. The molecular weight excluding hydrogens is 361 g/mol. The summed E-state index contributed by atoms with van der Waals surface area (Å²) in [6.45, 7) is 0. The van der Waals surface area contributed by atoms with E-state index in [1.54, 1.807) is 18.2 Å². The molecule has 9 heteroatoms. The van der Waals surface area contributed by atoms with E-state index in [1.807, 2.05) is 0 Å². The lowest BCUT2D eigenvalue weighted by atomic mass is 10.1. The molecule has 27 heavy (non-hydrogen) atoms. The molecule has 0 saturated carbocycles. The number of benzene rings is 2. The lowest BCUT2D eigenvalue weighted by molar-refractivity contribution is -0.143.